The summed E-state index contributed by atoms with van der Waals surface area (Å²) in [6, 6.07) is 8.40. The molecule has 0 aromatic heterocycles. The molecule has 0 bridgehead atoms. The first-order valence-electron chi connectivity index (χ1n) is 7.01. The van der Waals surface area contributed by atoms with E-state index in [1.807, 2.05) is 24.3 Å². The molecule has 1 aliphatic rings. The van der Waals surface area contributed by atoms with Gasteiger partial charge in [0, 0.05) is 23.5 Å². The van der Waals surface area contributed by atoms with Crippen molar-refractivity contribution in [2.45, 2.75) is 44.9 Å². The van der Waals surface area contributed by atoms with Crippen LogP contribution in [0.5, 0.6) is 5.75 Å². The molecule has 0 heterocycles. The lowest BCUT2D eigenvalue weighted by atomic mass is 9.85. The molecule has 1 saturated carbocycles. The number of ether oxygens (including phenoxy) is 2. The zero-order chi connectivity index (χ0) is 13.7. The molecule has 3 unspecified atom stereocenters. The van der Waals surface area contributed by atoms with E-state index in [2.05, 4.69) is 35.1 Å². The first-order valence-corrected chi connectivity index (χ1v) is 7.81. The summed E-state index contributed by atoms with van der Waals surface area (Å²) in [7, 11) is 0. The Morgan fingerprint density at radius 2 is 2.21 bits per heavy atom. The molecule has 3 atom stereocenters. The van der Waals surface area contributed by atoms with Crippen LogP contribution in [0.3, 0.4) is 0 Å². The molecule has 1 fully saturated rings. The highest BCUT2D eigenvalue weighted by molar-refractivity contribution is 9.10. The Bertz CT molecular complexity index is 399. The first-order chi connectivity index (χ1) is 9.24. The minimum Gasteiger partial charge on any atom is -0.488 e. The zero-order valence-electron chi connectivity index (χ0n) is 11.6. The second-order valence-corrected chi connectivity index (χ2v) is 5.76. The van der Waals surface area contributed by atoms with Crippen molar-refractivity contribution in [2.75, 3.05) is 13.2 Å². The van der Waals surface area contributed by atoms with E-state index in [4.69, 9.17) is 9.47 Å². The van der Waals surface area contributed by atoms with Crippen molar-refractivity contribution in [3.05, 3.63) is 28.7 Å². The number of hydrogen-bond acceptors (Lipinski definition) is 3. The van der Waals surface area contributed by atoms with Gasteiger partial charge in [-0.25, -0.2) is 0 Å². The number of rotatable bonds is 7. The predicted molar refractivity (Wildman–Crippen MR) is 80.7 cm³/mol. The van der Waals surface area contributed by atoms with Crippen molar-refractivity contribution in [1.29, 1.82) is 0 Å². The number of likely N-dealkylation sites (N-methyl/N-ethyl adjacent to an activating group) is 1. The summed E-state index contributed by atoms with van der Waals surface area (Å²) in [5, 5.41) is 3.45. The standard InChI is InChI=1S/C15H22BrNO2/c1-3-8-18-15-13(17-4-2)10-14(15)19-12-7-5-6-11(16)9-12/h5-7,9,13-15,17H,3-4,8,10H2,1-2H3. The smallest absolute Gasteiger partial charge is 0.128 e. The summed E-state index contributed by atoms with van der Waals surface area (Å²) >= 11 is 3.46. The molecule has 0 saturated heterocycles. The Balaban J connectivity index is 1.92. The van der Waals surface area contributed by atoms with E-state index in [9.17, 15) is 0 Å². The van der Waals surface area contributed by atoms with Crippen LogP contribution in [0.4, 0.5) is 0 Å². The molecular formula is C15H22BrNO2. The second-order valence-electron chi connectivity index (χ2n) is 4.85. The van der Waals surface area contributed by atoms with Crippen LogP contribution in [0.15, 0.2) is 28.7 Å². The summed E-state index contributed by atoms with van der Waals surface area (Å²) in [4.78, 5) is 0. The minimum absolute atomic E-state index is 0.157. The molecule has 1 aliphatic carbocycles. The second kappa shape index (κ2) is 7.27. The van der Waals surface area contributed by atoms with Crippen LogP contribution in [0, 0.1) is 0 Å². The Morgan fingerprint density at radius 3 is 2.89 bits per heavy atom. The SMILES string of the molecule is CCCOC1C(NCC)CC1Oc1cccc(Br)c1. The number of hydrogen-bond donors (Lipinski definition) is 1. The largest absolute Gasteiger partial charge is 0.488 e. The van der Waals surface area contributed by atoms with Gasteiger partial charge in [-0.3, -0.25) is 0 Å². The highest BCUT2D eigenvalue weighted by Crippen LogP contribution is 2.30. The van der Waals surface area contributed by atoms with E-state index < -0.39 is 0 Å². The molecule has 0 amide bonds. The van der Waals surface area contributed by atoms with E-state index in [-0.39, 0.29) is 12.2 Å². The van der Waals surface area contributed by atoms with E-state index in [0.29, 0.717) is 6.04 Å². The summed E-state index contributed by atoms with van der Waals surface area (Å²) < 4.78 is 13.0. The van der Waals surface area contributed by atoms with Crippen molar-refractivity contribution in [1.82, 2.24) is 5.32 Å². The molecule has 19 heavy (non-hydrogen) atoms. The maximum atomic E-state index is 6.02. The van der Waals surface area contributed by atoms with Crippen LogP contribution in [0.25, 0.3) is 0 Å². The van der Waals surface area contributed by atoms with Crippen LogP contribution < -0.4 is 10.1 Å². The zero-order valence-corrected chi connectivity index (χ0v) is 13.2. The van der Waals surface area contributed by atoms with Gasteiger partial charge in [0.2, 0.25) is 0 Å². The fourth-order valence-corrected chi connectivity index (χ4v) is 2.73. The van der Waals surface area contributed by atoms with E-state index in [1.54, 1.807) is 0 Å². The van der Waals surface area contributed by atoms with Crippen LogP contribution in [0.1, 0.15) is 26.7 Å². The highest BCUT2D eigenvalue weighted by atomic mass is 79.9. The van der Waals surface area contributed by atoms with Gasteiger partial charge in [-0.05, 0) is 31.2 Å². The maximum absolute atomic E-state index is 6.02. The maximum Gasteiger partial charge on any atom is 0.128 e. The molecule has 1 aromatic rings. The molecule has 0 radical (unpaired) electrons. The van der Waals surface area contributed by atoms with Gasteiger partial charge in [0.25, 0.3) is 0 Å². The van der Waals surface area contributed by atoms with Gasteiger partial charge in [0.15, 0.2) is 0 Å². The van der Waals surface area contributed by atoms with Crippen molar-refractivity contribution in [3.8, 4) is 5.75 Å². The fourth-order valence-electron chi connectivity index (χ4n) is 2.35. The molecule has 3 nitrogen and oxygen atoms in total. The lowest BCUT2D eigenvalue weighted by Gasteiger charge is -2.44. The van der Waals surface area contributed by atoms with Crippen molar-refractivity contribution in [2.24, 2.45) is 0 Å². The lowest BCUT2D eigenvalue weighted by molar-refractivity contribution is -0.107. The average molecular weight is 328 g/mol. The molecule has 0 spiro atoms. The summed E-state index contributed by atoms with van der Waals surface area (Å²) in [6.07, 6.45) is 2.37. The van der Waals surface area contributed by atoms with Gasteiger partial charge in [-0.2, -0.15) is 0 Å². The topological polar surface area (TPSA) is 30.5 Å². The van der Waals surface area contributed by atoms with Crippen LogP contribution >= 0.6 is 15.9 Å². The summed E-state index contributed by atoms with van der Waals surface area (Å²) in [6.45, 7) is 6.02. The molecule has 106 valence electrons. The Kier molecular flexibility index (Phi) is 5.67. The number of halogens is 1. The minimum atomic E-state index is 0.157. The monoisotopic (exact) mass is 327 g/mol. The third-order valence-corrected chi connectivity index (χ3v) is 3.81. The molecule has 0 aliphatic heterocycles. The van der Waals surface area contributed by atoms with E-state index in [0.717, 1.165) is 36.2 Å². The molecule has 1 N–H and O–H groups in total. The predicted octanol–water partition coefficient (Wildman–Crippen LogP) is 3.37. The van der Waals surface area contributed by atoms with Crippen LogP contribution in [-0.4, -0.2) is 31.4 Å². The first kappa shape index (κ1) is 14.8. The number of benzene rings is 1. The molecule has 1 aromatic carbocycles. The van der Waals surface area contributed by atoms with Crippen LogP contribution in [-0.2, 0) is 4.74 Å². The quantitative estimate of drug-likeness (QED) is 0.832. The van der Waals surface area contributed by atoms with Crippen molar-refractivity contribution < 1.29 is 9.47 Å². The molecular weight excluding hydrogens is 306 g/mol. The lowest BCUT2D eigenvalue weighted by Crippen LogP contribution is -2.61. The third-order valence-electron chi connectivity index (χ3n) is 3.31. The number of nitrogens with one attached hydrogen (secondary N) is 1. The van der Waals surface area contributed by atoms with Gasteiger partial charge in [-0.15, -0.1) is 0 Å². The Hall–Kier alpha value is -0.580. The van der Waals surface area contributed by atoms with Gasteiger partial charge in [0.05, 0.1) is 0 Å². The third kappa shape index (κ3) is 3.94. The molecule has 4 heteroatoms. The van der Waals surface area contributed by atoms with Gasteiger partial charge in [-0.1, -0.05) is 35.8 Å². The Labute approximate surface area is 123 Å². The van der Waals surface area contributed by atoms with Gasteiger partial charge < -0.3 is 14.8 Å². The van der Waals surface area contributed by atoms with Crippen LogP contribution in [0.2, 0.25) is 0 Å². The molecule has 2 rings (SSSR count). The fraction of sp³-hybridized carbons (Fsp3) is 0.600. The normalized spacial score (nSPS) is 25.9. The highest BCUT2D eigenvalue weighted by Gasteiger charge is 2.43. The Morgan fingerprint density at radius 1 is 1.37 bits per heavy atom. The van der Waals surface area contributed by atoms with E-state index in [1.165, 1.54) is 0 Å². The van der Waals surface area contributed by atoms with E-state index >= 15 is 0 Å². The summed E-state index contributed by atoms with van der Waals surface area (Å²) in [5.41, 5.74) is 0. The van der Waals surface area contributed by atoms with Gasteiger partial charge in [0.1, 0.15) is 18.0 Å². The van der Waals surface area contributed by atoms with Crippen molar-refractivity contribution in [3.63, 3.8) is 0 Å². The average Bonchev–Trinajstić information content (AvgIpc) is 2.38. The van der Waals surface area contributed by atoms with Crippen molar-refractivity contribution >= 4 is 15.9 Å². The van der Waals surface area contributed by atoms with Gasteiger partial charge >= 0.3 is 0 Å². The summed E-state index contributed by atoms with van der Waals surface area (Å²) in [5.74, 6) is 0.902.